The van der Waals surface area contributed by atoms with Crippen LogP contribution in [0.2, 0.25) is 0 Å². The molecule has 0 aromatic heterocycles. The van der Waals surface area contributed by atoms with Crippen LogP contribution in [0.25, 0.3) is 0 Å². The third kappa shape index (κ3) is 5.79. The second-order valence-corrected chi connectivity index (χ2v) is 10.4. The highest BCUT2D eigenvalue weighted by Gasteiger charge is 2.46. The van der Waals surface area contributed by atoms with Crippen LogP contribution in [0.3, 0.4) is 0 Å². The maximum atomic E-state index is 13.9. The predicted molar refractivity (Wildman–Crippen MR) is 148 cm³/mol. The molecule has 39 heavy (non-hydrogen) atoms. The van der Waals surface area contributed by atoms with Gasteiger partial charge >= 0.3 is 5.97 Å². The number of carbonyl (C=O) groups excluding carboxylic acids is 2. The van der Waals surface area contributed by atoms with Gasteiger partial charge in [-0.3, -0.25) is 9.79 Å². The van der Waals surface area contributed by atoms with Crippen molar-refractivity contribution < 1.29 is 33.6 Å². The van der Waals surface area contributed by atoms with E-state index in [2.05, 4.69) is 0 Å². The Kier molecular flexibility index (Phi) is 8.63. The molecule has 0 bridgehead atoms. The number of esters is 1. The van der Waals surface area contributed by atoms with Crippen LogP contribution < -0.4 is 14.2 Å². The van der Waals surface area contributed by atoms with Gasteiger partial charge in [-0.05, 0) is 67.5 Å². The highest BCUT2D eigenvalue weighted by molar-refractivity contribution is 6.12. The van der Waals surface area contributed by atoms with E-state index >= 15 is 0 Å². The third-order valence-corrected chi connectivity index (χ3v) is 7.24. The van der Waals surface area contributed by atoms with Gasteiger partial charge in [0.25, 0.3) is 0 Å². The van der Waals surface area contributed by atoms with Gasteiger partial charge in [0.2, 0.25) is 0 Å². The Bertz CT molecular complexity index is 1310. The molecule has 8 heteroatoms. The molecule has 1 fully saturated rings. The lowest BCUT2D eigenvalue weighted by molar-refractivity contribution is -0.140. The van der Waals surface area contributed by atoms with E-state index in [9.17, 15) is 14.7 Å². The van der Waals surface area contributed by atoms with Crippen LogP contribution in [-0.4, -0.2) is 50.0 Å². The van der Waals surface area contributed by atoms with Crippen LogP contribution >= 0.6 is 0 Å². The number of Topliss-reactive ketones (excluding diaryl/α,β-unsaturated/α-hetero) is 1. The number of aromatic hydroxyl groups is 1. The van der Waals surface area contributed by atoms with Crippen LogP contribution in [0.5, 0.6) is 23.0 Å². The summed E-state index contributed by atoms with van der Waals surface area (Å²) in [6.45, 7) is 8.18. The lowest BCUT2D eigenvalue weighted by Gasteiger charge is -2.38. The van der Waals surface area contributed by atoms with Gasteiger partial charge in [-0.15, -0.1) is 0 Å². The molecule has 1 unspecified atom stereocenters. The Balaban J connectivity index is 1.78. The number of benzene rings is 2. The summed E-state index contributed by atoms with van der Waals surface area (Å²) in [5.41, 5.74) is 3.30. The Morgan fingerprint density at radius 2 is 1.69 bits per heavy atom. The first-order chi connectivity index (χ1) is 18.7. The van der Waals surface area contributed by atoms with Gasteiger partial charge in [0.05, 0.1) is 38.9 Å². The fourth-order valence-corrected chi connectivity index (χ4v) is 5.46. The molecule has 1 N–H and O–H groups in total. The fraction of sp³-hybridized carbons (Fsp3) is 0.452. The normalized spacial score (nSPS) is 20.8. The molecule has 0 saturated heterocycles. The second-order valence-electron chi connectivity index (χ2n) is 10.4. The Hall–Kier alpha value is -3.81. The molecule has 0 spiro atoms. The van der Waals surface area contributed by atoms with Gasteiger partial charge in [-0.25, -0.2) is 4.79 Å². The molecule has 4 rings (SSSR count). The van der Waals surface area contributed by atoms with E-state index < -0.39 is 17.8 Å². The number of ether oxygens (including phenoxy) is 4. The number of hydrogen-bond donors (Lipinski definition) is 1. The number of hydrogen-bond acceptors (Lipinski definition) is 8. The molecular weight excluding hydrogens is 498 g/mol. The fourth-order valence-electron chi connectivity index (χ4n) is 5.46. The Morgan fingerprint density at radius 3 is 2.36 bits per heavy atom. The van der Waals surface area contributed by atoms with Crippen LogP contribution in [-0.2, 0) is 14.3 Å². The van der Waals surface area contributed by atoms with Gasteiger partial charge in [-0.1, -0.05) is 26.0 Å². The maximum absolute atomic E-state index is 13.9. The molecule has 2 aromatic rings. The average Bonchev–Trinajstić information content (AvgIpc) is 2.91. The largest absolute Gasteiger partial charge is 0.504 e. The first-order valence-corrected chi connectivity index (χ1v) is 13.3. The van der Waals surface area contributed by atoms with Gasteiger partial charge in [0.15, 0.2) is 23.0 Å². The zero-order valence-corrected chi connectivity index (χ0v) is 23.4. The summed E-state index contributed by atoms with van der Waals surface area (Å²) in [5, 5.41) is 10.3. The van der Waals surface area contributed by atoms with E-state index in [0.29, 0.717) is 53.5 Å². The van der Waals surface area contributed by atoms with Crippen molar-refractivity contribution in [1.82, 2.24) is 0 Å². The minimum absolute atomic E-state index is 0.00146. The number of rotatable bonds is 9. The summed E-state index contributed by atoms with van der Waals surface area (Å²) in [6.07, 6.45) is 0.851. The van der Waals surface area contributed by atoms with E-state index in [1.165, 1.54) is 6.07 Å². The number of phenols is 1. The molecule has 2 aliphatic rings. The van der Waals surface area contributed by atoms with Gasteiger partial charge < -0.3 is 24.1 Å². The summed E-state index contributed by atoms with van der Waals surface area (Å²) in [6, 6.07) is 10.7. The van der Waals surface area contributed by atoms with Crippen molar-refractivity contribution >= 4 is 17.5 Å². The van der Waals surface area contributed by atoms with Crippen molar-refractivity contribution in [2.75, 3.05) is 27.4 Å². The van der Waals surface area contributed by atoms with Gasteiger partial charge in [-0.2, -0.15) is 0 Å². The summed E-state index contributed by atoms with van der Waals surface area (Å²) >= 11 is 0. The minimum atomic E-state index is -0.620. The van der Waals surface area contributed by atoms with Crippen molar-refractivity contribution in [3.8, 4) is 23.0 Å². The molecule has 1 saturated carbocycles. The first-order valence-electron chi connectivity index (χ1n) is 13.3. The van der Waals surface area contributed by atoms with E-state index in [1.54, 1.807) is 33.3 Å². The number of carbonyl (C=O) groups is 2. The molecule has 8 nitrogen and oxygen atoms in total. The van der Waals surface area contributed by atoms with Crippen molar-refractivity contribution in [3.63, 3.8) is 0 Å². The molecule has 2 aromatic carbocycles. The molecular formula is C31H37NO7. The van der Waals surface area contributed by atoms with E-state index in [-0.39, 0.29) is 30.0 Å². The highest BCUT2D eigenvalue weighted by Crippen LogP contribution is 2.47. The number of methoxy groups -OCH3 is 2. The van der Waals surface area contributed by atoms with E-state index in [4.69, 9.17) is 23.9 Å². The van der Waals surface area contributed by atoms with Crippen molar-refractivity contribution in [2.24, 2.45) is 16.8 Å². The van der Waals surface area contributed by atoms with E-state index in [0.717, 1.165) is 11.3 Å². The third-order valence-electron chi connectivity index (χ3n) is 7.24. The van der Waals surface area contributed by atoms with Crippen molar-refractivity contribution in [1.29, 1.82) is 0 Å². The zero-order chi connectivity index (χ0) is 28.3. The zero-order valence-electron chi connectivity index (χ0n) is 23.4. The van der Waals surface area contributed by atoms with Gasteiger partial charge in [0.1, 0.15) is 5.78 Å². The summed E-state index contributed by atoms with van der Waals surface area (Å²) in [7, 11) is 3.17. The van der Waals surface area contributed by atoms with Crippen LogP contribution in [0.15, 0.2) is 52.7 Å². The number of fused-ring (bicyclic) bond motifs is 1. The summed E-state index contributed by atoms with van der Waals surface area (Å²) in [4.78, 5) is 32.1. The molecule has 1 aliphatic heterocycles. The SMILES string of the molecule is CCOc1cc([C@H]2C(C(=O)OCC(C)C)=C(C)N=C3C[C@H](c4ccc(OC)c(OC)c4)CC(=O)C32)ccc1O. The molecule has 3 atom stereocenters. The monoisotopic (exact) mass is 535 g/mol. The second kappa shape index (κ2) is 11.9. The predicted octanol–water partition coefficient (Wildman–Crippen LogP) is 5.58. The van der Waals surface area contributed by atoms with Crippen LogP contribution in [0.4, 0.5) is 0 Å². The minimum Gasteiger partial charge on any atom is -0.504 e. The number of aliphatic imine (C=N–C) groups is 1. The van der Waals surface area contributed by atoms with Crippen molar-refractivity contribution in [3.05, 3.63) is 58.8 Å². The molecule has 1 heterocycles. The highest BCUT2D eigenvalue weighted by atomic mass is 16.5. The summed E-state index contributed by atoms with van der Waals surface area (Å²) < 4.78 is 22.1. The molecule has 1 aliphatic carbocycles. The van der Waals surface area contributed by atoms with Gasteiger partial charge in [0, 0.05) is 23.7 Å². The quantitative estimate of drug-likeness (QED) is 0.418. The van der Waals surface area contributed by atoms with Crippen LogP contribution in [0.1, 0.15) is 63.5 Å². The number of phenolic OH excluding ortho intramolecular Hbond substituents is 1. The topological polar surface area (TPSA) is 104 Å². The lowest BCUT2D eigenvalue weighted by Crippen LogP contribution is -2.41. The standard InChI is InChI=1S/C31H37NO7/c1-7-38-26-15-20(8-10-23(26)33)29-28(31(35)39-16-17(2)3)18(4)32-22-12-21(13-24(34)30(22)29)19-9-11-25(36-5)27(14-19)37-6/h8-11,14-15,17,21,29-30,33H,7,12-13,16H2,1-6H3/t21-,29-,30?/m0/s1. The number of nitrogens with zero attached hydrogens (tertiary/aromatic N) is 1. The number of allylic oxidation sites excluding steroid dienone is 1. The van der Waals surface area contributed by atoms with Crippen LogP contribution in [0, 0.1) is 11.8 Å². The Labute approximate surface area is 229 Å². The number of ketones is 1. The first kappa shape index (κ1) is 28.2. The lowest BCUT2D eigenvalue weighted by atomic mass is 9.66. The van der Waals surface area contributed by atoms with E-state index in [1.807, 2.05) is 39.0 Å². The summed E-state index contributed by atoms with van der Waals surface area (Å²) in [5.74, 6) is -0.101. The maximum Gasteiger partial charge on any atom is 0.336 e. The Morgan fingerprint density at radius 1 is 1.00 bits per heavy atom. The average molecular weight is 536 g/mol. The molecule has 0 amide bonds. The molecule has 208 valence electrons. The van der Waals surface area contributed by atoms with Crippen molar-refractivity contribution in [2.45, 2.75) is 52.4 Å². The smallest absolute Gasteiger partial charge is 0.336 e. The molecule has 0 radical (unpaired) electrons.